The Bertz CT molecular complexity index is 705. The molecule has 1 N–H and O–H groups in total. The van der Waals surface area contributed by atoms with E-state index in [2.05, 4.69) is 34.5 Å². The van der Waals surface area contributed by atoms with Crippen molar-refractivity contribution in [2.45, 2.75) is 26.7 Å². The fourth-order valence-corrected chi connectivity index (χ4v) is 3.34. The van der Waals surface area contributed by atoms with Crippen molar-refractivity contribution in [3.05, 3.63) is 54.1 Å². The predicted octanol–water partition coefficient (Wildman–Crippen LogP) is 4.06. The van der Waals surface area contributed by atoms with Gasteiger partial charge in [0.15, 0.2) is 0 Å². The lowest BCUT2D eigenvalue weighted by Crippen LogP contribution is -2.35. The molecule has 1 heterocycles. The van der Waals surface area contributed by atoms with E-state index in [9.17, 15) is 4.79 Å². The molecule has 132 valence electrons. The highest BCUT2D eigenvalue weighted by atomic mass is 16.2. The topological polar surface area (TPSA) is 35.6 Å². The van der Waals surface area contributed by atoms with Crippen LogP contribution in [-0.4, -0.2) is 32.1 Å². The fraction of sp³-hybridized carbons (Fsp3) is 0.381. The molecule has 1 aliphatic rings. The summed E-state index contributed by atoms with van der Waals surface area (Å²) in [6, 6.07) is 16.5. The van der Waals surface area contributed by atoms with Crippen LogP contribution in [0.1, 0.15) is 25.3 Å². The van der Waals surface area contributed by atoms with Crippen LogP contribution < -0.4 is 15.1 Å². The molecule has 0 radical (unpaired) electrons. The van der Waals surface area contributed by atoms with Gasteiger partial charge in [-0.1, -0.05) is 12.1 Å². The van der Waals surface area contributed by atoms with E-state index in [1.807, 2.05) is 43.0 Å². The Labute approximate surface area is 150 Å². The van der Waals surface area contributed by atoms with Crippen molar-refractivity contribution in [2.75, 3.05) is 41.3 Å². The largest absolute Gasteiger partial charge is 0.376 e. The Morgan fingerprint density at radius 2 is 1.84 bits per heavy atom. The summed E-state index contributed by atoms with van der Waals surface area (Å²) in [5, 5.41) is 3.25. The lowest BCUT2D eigenvalue weighted by atomic mass is 10.2. The summed E-state index contributed by atoms with van der Waals surface area (Å²) in [7, 11) is 0. The Balaban J connectivity index is 1.59. The first-order valence-corrected chi connectivity index (χ1v) is 9.13. The molecule has 4 heteroatoms. The summed E-state index contributed by atoms with van der Waals surface area (Å²) < 4.78 is 0. The average Bonchev–Trinajstić information content (AvgIpc) is 3.16. The monoisotopic (exact) mass is 337 g/mol. The molecule has 0 aromatic heterocycles. The number of carbonyl (C=O) groups is 1. The van der Waals surface area contributed by atoms with Crippen molar-refractivity contribution in [2.24, 2.45) is 0 Å². The lowest BCUT2D eigenvalue weighted by molar-refractivity contribution is -0.116. The number of aryl methyl sites for hydroxylation is 1. The number of amides is 1. The number of hydrogen-bond donors (Lipinski definition) is 1. The van der Waals surface area contributed by atoms with Gasteiger partial charge in [0.05, 0.1) is 6.54 Å². The predicted molar refractivity (Wildman–Crippen MR) is 106 cm³/mol. The number of anilines is 3. The van der Waals surface area contributed by atoms with Crippen molar-refractivity contribution < 1.29 is 4.79 Å². The quantitative estimate of drug-likeness (QED) is 0.863. The van der Waals surface area contributed by atoms with Gasteiger partial charge in [-0.2, -0.15) is 0 Å². The first kappa shape index (κ1) is 17.3. The molecular formula is C21H27N3O. The maximum absolute atomic E-state index is 12.6. The number of hydrogen-bond acceptors (Lipinski definition) is 3. The molecule has 0 saturated carbocycles. The van der Waals surface area contributed by atoms with Crippen molar-refractivity contribution in [1.82, 2.24) is 0 Å². The SMILES string of the molecule is CCN(C(=O)CNc1ccc(N2CCCC2)cc1)c1cccc(C)c1. The van der Waals surface area contributed by atoms with Crippen LogP contribution in [0.15, 0.2) is 48.5 Å². The molecule has 1 aliphatic heterocycles. The Hall–Kier alpha value is -2.49. The van der Waals surface area contributed by atoms with Crippen LogP contribution in [0.3, 0.4) is 0 Å². The van der Waals surface area contributed by atoms with Crippen molar-refractivity contribution in [3.63, 3.8) is 0 Å². The number of nitrogens with zero attached hydrogens (tertiary/aromatic N) is 2. The Morgan fingerprint density at radius 3 is 2.48 bits per heavy atom. The third-order valence-corrected chi connectivity index (χ3v) is 4.71. The van der Waals surface area contributed by atoms with Gasteiger partial charge < -0.3 is 15.1 Å². The summed E-state index contributed by atoms with van der Waals surface area (Å²) in [5.74, 6) is 0.0803. The van der Waals surface area contributed by atoms with E-state index in [4.69, 9.17) is 0 Å². The van der Waals surface area contributed by atoms with Gasteiger partial charge in [-0.05, 0) is 68.7 Å². The molecule has 0 atom stereocenters. The smallest absolute Gasteiger partial charge is 0.246 e. The van der Waals surface area contributed by atoms with E-state index in [1.165, 1.54) is 18.5 Å². The maximum atomic E-state index is 12.6. The van der Waals surface area contributed by atoms with Gasteiger partial charge in [-0.25, -0.2) is 0 Å². The van der Waals surface area contributed by atoms with E-state index < -0.39 is 0 Å². The summed E-state index contributed by atoms with van der Waals surface area (Å²) >= 11 is 0. The molecule has 1 fully saturated rings. The van der Waals surface area contributed by atoms with Gasteiger partial charge >= 0.3 is 0 Å². The summed E-state index contributed by atoms with van der Waals surface area (Å²) in [5.41, 5.74) is 4.37. The van der Waals surface area contributed by atoms with Gasteiger partial charge in [0.2, 0.25) is 5.91 Å². The van der Waals surface area contributed by atoms with Crippen LogP contribution in [0.2, 0.25) is 0 Å². The van der Waals surface area contributed by atoms with Crippen LogP contribution in [0.5, 0.6) is 0 Å². The molecule has 2 aromatic rings. The molecule has 3 rings (SSSR count). The summed E-state index contributed by atoms with van der Waals surface area (Å²) in [6.45, 7) is 7.30. The van der Waals surface area contributed by atoms with E-state index in [1.54, 1.807) is 0 Å². The second kappa shape index (κ2) is 8.06. The molecule has 4 nitrogen and oxygen atoms in total. The van der Waals surface area contributed by atoms with Gasteiger partial charge in [0.1, 0.15) is 0 Å². The average molecular weight is 337 g/mol. The van der Waals surface area contributed by atoms with Gasteiger partial charge in [0.25, 0.3) is 0 Å². The minimum atomic E-state index is 0.0803. The first-order valence-electron chi connectivity index (χ1n) is 9.13. The van der Waals surface area contributed by atoms with Crippen LogP contribution in [0, 0.1) is 6.92 Å². The third kappa shape index (κ3) is 4.32. The zero-order valence-corrected chi connectivity index (χ0v) is 15.2. The summed E-state index contributed by atoms with van der Waals surface area (Å²) in [4.78, 5) is 16.8. The standard InChI is InChI=1S/C21H27N3O/c1-3-24(20-8-6-7-17(2)15-20)21(25)16-22-18-9-11-19(12-10-18)23-13-4-5-14-23/h6-12,15,22H,3-5,13-14,16H2,1-2H3. The molecule has 1 saturated heterocycles. The zero-order valence-electron chi connectivity index (χ0n) is 15.2. The molecule has 0 unspecified atom stereocenters. The second-order valence-electron chi connectivity index (χ2n) is 6.57. The summed E-state index contributed by atoms with van der Waals surface area (Å²) in [6.07, 6.45) is 2.56. The van der Waals surface area contributed by atoms with Crippen molar-refractivity contribution >= 4 is 23.0 Å². The van der Waals surface area contributed by atoms with Crippen LogP contribution in [-0.2, 0) is 4.79 Å². The number of rotatable bonds is 6. The molecule has 0 aliphatic carbocycles. The number of benzene rings is 2. The zero-order chi connectivity index (χ0) is 17.6. The van der Waals surface area contributed by atoms with E-state index in [0.717, 1.165) is 30.0 Å². The molecule has 25 heavy (non-hydrogen) atoms. The van der Waals surface area contributed by atoms with Gasteiger partial charge in [-0.3, -0.25) is 4.79 Å². The van der Waals surface area contributed by atoms with Crippen LogP contribution in [0.25, 0.3) is 0 Å². The van der Waals surface area contributed by atoms with Crippen molar-refractivity contribution in [3.8, 4) is 0 Å². The number of nitrogens with one attached hydrogen (secondary N) is 1. The highest BCUT2D eigenvalue weighted by Crippen LogP contribution is 2.22. The normalized spacial score (nSPS) is 13.8. The van der Waals surface area contributed by atoms with Gasteiger partial charge in [0, 0.05) is 36.7 Å². The lowest BCUT2D eigenvalue weighted by Gasteiger charge is -2.22. The second-order valence-corrected chi connectivity index (χ2v) is 6.57. The van der Waals surface area contributed by atoms with Gasteiger partial charge in [-0.15, -0.1) is 0 Å². The molecule has 2 aromatic carbocycles. The van der Waals surface area contributed by atoms with E-state index >= 15 is 0 Å². The number of carbonyl (C=O) groups excluding carboxylic acids is 1. The minimum Gasteiger partial charge on any atom is -0.376 e. The highest BCUT2D eigenvalue weighted by Gasteiger charge is 2.14. The Morgan fingerprint density at radius 1 is 1.12 bits per heavy atom. The van der Waals surface area contributed by atoms with Crippen LogP contribution >= 0.6 is 0 Å². The molecular weight excluding hydrogens is 310 g/mol. The van der Waals surface area contributed by atoms with E-state index in [0.29, 0.717) is 13.1 Å². The maximum Gasteiger partial charge on any atom is 0.246 e. The molecule has 0 bridgehead atoms. The number of likely N-dealkylation sites (N-methyl/N-ethyl adjacent to an activating group) is 1. The Kier molecular flexibility index (Phi) is 5.59. The minimum absolute atomic E-state index is 0.0803. The van der Waals surface area contributed by atoms with Crippen LogP contribution in [0.4, 0.5) is 17.1 Å². The first-order chi connectivity index (χ1) is 12.2. The molecule has 1 amide bonds. The highest BCUT2D eigenvalue weighted by molar-refractivity contribution is 5.96. The van der Waals surface area contributed by atoms with Crippen molar-refractivity contribution in [1.29, 1.82) is 0 Å². The third-order valence-electron chi connectivity index (χ3n) is 4.71. The molecule has 0 spiro atoms. The fourth-order valence-electron chi connectivity index (χ4n) is 3.34. The van der Waals surface area contributed by atoms with E-state index in [-0.39, 0.29) is 5.91 Å².